The summed E-state index contributed by atoms with van der Waals surface area (Å²) in [5, 5.41) is 0. The van der Waals surface area contributed by atoms with E-state index in [-0.39, 0.29) is 12.0 Å². The molecular formula is C11H12O5. The number of carbonyl (C=O) groups excluding carboxylic acids is 3. The van der Waals surface area contributed by atoms with Gasteiger partial charge in [0.1, 0.15) is 12.5 Å². The molecule has 1 atom stereocenters. The van der Waals surface area contributed by atoms with Gasteiger partial charge in [0, 0.05) is 5.92 Å². The van der Waals surface area contributed by atoms with Crippen LogP contribution in [0.1, 0.15) is 13.3 Å². The average molecular weight is 224 g/mol. The minimum atomic E-state index is -0.598. The third kappa shape index (κ3) is 2.36. The molecule has 0 radical (unpaired) electrons. The van der Waals surface area contributed by atoms with Crippen LogP contribution in [-0.4, -0.2) is 25.3 Å². The maximum Gasteiger partial charge on any atom is 0.337 e. The van der Waals surface area contributed by atoms with E-state index >= 15 is 0 Å². The highest BCUT2D eigenvalue weighted by Crippen LogP contribution is 2.28. The second-order valence-corrected chi connectivity index (χ2v) is 3.22. The normalized spacial score (nSPS) is 20.9. The number of carbonyl (C=O) groups is 3. The van der Waals surface area contributed by atoms with Gasteiger partial charge in [0.15, 0.2) is 0 Å². The molecule has 1 heterocycles. The van der Waals surface area contributed by atoms with Gasteiger partial charge < -0.3 is 9.47 Å². The maximum absolute atomic E-state index is 11.4. The molecule has 0 fully saturated rings. The largest absolute Gasteiger partial charge is 0.466 e. The van der Waals surface area contributed by atoms with Crippen molar-refractivity contribution >= 4 is 18.2 Å². The summed E-state index contributed by atoms with van der Waals surface area (Å²) in [6.07, 6.45) is 3.21. The van der Waals surface area contributed by atoms with E-state index in [1.807, 2.05) is 0 Å². The van der Waals surface area contributed by atoms with Gasteiger partial charge in [-0.25, -0.2) is 4.79 Å². The lowest BCUT2D eigenvalue weighted by Crippen LogP contribution is -2.25. The lowest BCUT2D eigenvalue weighted by molar-refractivity contribution is -0.142. The maximum atomic E-state index is 11.4. The van der Waals surface area contributed by atoms with Crippen molar-refractivity contribution in [3.05, 3.63) is 23.5 Å². The van der Waals surface area contributed by atoms with Crippen LogP contribution >= 0.6 is 0 Å². The summed E-state index contributed by atoms with van der Waals surface area (Å²) in [5.74, 6) is -1.64. The number of aldehydes is 1. The fraction of sp³-hybridized carbons (Fsp3) is 0.364. The predicted molar refractivity (Wildman–Crippen MR) is 54.1 cm³/mol. The minimum Gasteiger partial charge on any atom is -0.466 e. The Kier molecular flexibility index (Phi) is 3.99. The van der Waals surface area contributed by atoms with E-state index in [4.69, 9.17) is 0 Å². The minimum absolute atomic E-state index is 0.0284. The molecule has 0 saturated heterocycles. The van der Waals surface area contributed by atoms with Gasteiger partial charge in [-0.2, -0.15) is 0 Å². The molecule has 1 unspecified atom stereocenters. The van der Waals surface area contributed by atoms with Crippen LogP contribution in [0.4, 0.5) is 0 Å². The van der Waals surface area contributed by atoms with E-state index in [0.29, 0.717) is 11.9 Å². The summed E-state index contributed by atoms with van der Waals surface area (Å²) < 4.78 is 9.19. The highest BCUT2D eigenvalue weighted by molar-refractivity contribution is 5.94. The van der Waals surface area contributed by atoms with Crippen molar-refractivity contribution in [3.63, 3.8) is 0 Å². The second-order valence-electron chi connectivity index (χ2n) is 3.22. The molecule has 1 aliphatic heterocycles. The third-order valence-electron chi connectivity index (χ3n) is 2.36. The number of cyclic esters (lactones) is 1. The second kappa shape index (κ2) is 5.25. The number of methoxy groups -OCH3 is 1. The summed E-state index contributed by atoms with van der Waals surface area (Å²) in [4.78, 5) is 33.3. The molecule has 1 rings (SSSR count). The third-order valence-corrected chi connectivity index (χ3v) is 2.36. The van der Waals surface area contributed by atoms with Crippen LogP contribution in [0.25, 0.3) is 0 Å². The number of esters is 2. The average Bonchev–Trinajstić information content (AvgIpc) is 2.30. The smallest absolute Gasteiger partial charge is 0.337 e. The van der Waals surface area contributed by atoms with Crippen LogP contribution in [0.15, 0.2) is 23.5 Å². The van der Waals surface area contributed by atoms with Gasteiger partial charge >= 0.3 is 11.9 Å². The van der Waals surface area contributed by atoms with Gasteiger partial charge in [0.05, 0.1) is 19.1 Å². The lowest BCUT2D eigenvalue weighted by Gasteiger charge is -2.21. The Balaban J connectivity index is 3.07. The molecule has 0 aromatic carbocycles. The SMILES string of the molecule is C/C=C(\C=O)C1CC(=O)OC=C1C(=O)OC. The summed E-state index contributed by atoms with van der Waals surface area (Å²) >= 11 is 0. The van der Waals surface area contributed by atoms with Gasteiger partial charge in [-0.3, -0.25) is 9.59 Å². The first-order valence-electron chi connectivity index (χ1n) is 4.73. The van der Waals surface area contributed by atoms with Crippen molar-refractivity contribution in [1.29, 1.82) is 0 Å². The Morgan fingerprint density at radius 2 is 2.31 bits per heavy atom. The first-order valence-corrected chi connectivity index (χ1v) is 4.73. The van der Waals surface area contributed by atoms with E-state index in [1.54, 1.807) is 13.0 Å². The zero-order valence-electron chi connectivity index (χ0n) is 9.06. The summed E-state index contributed by atoms with van der Waals surface area (Å²) in [7, 11) is 1.23. The molecule has 5 heteroatoms. The van der Waals surface area contributed by atoms with E-state index in [9.17, 15) is 14.4 Å². The molecule has 0 spiro atoms. The van der Waals surface area contributed by atoms with Crippen LogP contribution in [0, 0.1) is 5.92 Å². The highest BCUT2D eigenvalue weighted by atomic mass is 16.5. The molecule has 0 aromatic rings. The van der Waals surface area contributed by atoms with Crippen LogP contribution in [0.5, 0.6) is 0 Å². The Hall–Kier alpha value is -1.91. The summed E-state index contributed by atoms with van der Waals surface area (Å²) in [6.45, 7) is 1.67. The van der Waals surface area contributed by atoms with Crippen molar-refractivity contribution in [3.8, 4) is 0 Å². The predicted octanol–water partition coefficient (Wildman–Crippen LogP) is 0.752. The van der Waals surface area contributed by atoms with Crippen molar-refractivity contribution in [2.75, 3.05) is 7.11 Å². The van der Waals surface area contributed by atoms with Crippen molar-refractivity contribution in [2.45, 2.75) is 13.3 Å². The Morgan fingerprint density at radius 3 is 2.81 bits per heavy atom. The zero-order chi connectivity index (χ0) is 12.1. The Labute approximate surface area is 92.7 Å². The molecule has 0 N–H and O–H groups in total. The van der Waals surface area contributed by atoms with E-state index in [1.165, 1.54) is 7.11 Å². The first-order chi connectivity index (χ1) is 7.63. The Bertz CT molecular complexity index is 378. The Morgan fingerprint density at radius 1 is 1.62 bits per heavy atom. The van der Waals surface area contributed by atoms with Gasteiger partial charge in [0.25, 0.3) is 0 Å². The summed E-state index contributed by atoms with van der Waals surface area (Å²) in [6, 6.07) is 0. The van der Waals surface area contributed by atoms with Crippen LogP contribution in [0.3, 0.4) is 0 Å². The van der Waals surface area contributed by atoms with Crippen molar-refractivity contribution in [2.24, 2.45) is 5.92 Å². The number of allylic oxidation sites excluding steroid dienone is 2. The van der Waals surface area contributed by atoms with E-state index in [2.05, 4.69) is 9.47 Å². The first kappa shape index (κ1) is 12.2. The molecule has 0 bridgehead atoms. The van der Waals surface area contributed by atoms with Crippen molar-refractivity contribution < 1.29 is 23.9 Å². The lowest BCUT2D eigenvalue weighted by atomic mass is 9.88. The molecule has 86 valence electrons. The molecule has 1 aliphatic rings. The topological polar surface area (TPSA) is 69.7 Å². The molecule has 16 heavy (non-hydrogen) atoms. The van der Waals surface area contributed by atoms with E-state index in [0.717, 1.165) is 6.26 Å². The van der Waals surface area contributed by atoms with E-state index < -0.39 is 17.9 Å². The molecule has 0 amide bonds. The quantitative estimate of drug-likeness (QED) is 0.402. The van der Waals surface area contributed by atoms with Gasteiger partial charge in [-0.15, -0.1) is 0 Å². The fourth-order valence-corrected chi connectivity index (χ4v) is 1.49. The molecule has 0 saturated carbocycles. The fourth-order valence-electron chi connectivity index (χ4n) is 1.49. The number of rotatable bonds is 3. The monoisotopic (exact) mass is 224 g/mol. The molecule has 0 aromatic heterocycles. The van der Waals surface area contributed by atoms with Crippen LogP contribution in [0.2, 0.25) is 0 Å². The molecule has 0 aliphatic carbocycles. The van der Waals surface area contributed by atoms with Gasteiger partial charge in [-0.1, -0.05) is 6.08 Å². The zero-order valence-corrected chi connectivity index (χ0v) is 9.06. The standard InChI is InChI=1S/C11H12O5/c1-3-7(5-12)8-4-10(13)16-6-9(8)11(14)15-2/h3,5-6,8H,4H2,1-2H3/b7-3+. The van der Waals surface area contributed by atoms with Crippen LogP contribution < -0.4 is 0 Å². The van der Waals surface area contributed by atoms with Gasteiger partial charge in [-0.05, 0) is 12.5 Å². The number of hydrogen-bond acceptors (Lipinski definition) is 5. The van der Waals surface area contributed by atoms with Crippen molar-refractivity contribution in [1.82, 2.24) is 0 Å². The summed E-state index contributed by atoms with van der Waals surface area (Å²) in [5.41, 5.74) is 0.551. The van der Waals surface area contributed by atoms with Gasteiger partial charge in [0.2, 0.25) is 0 Å². The van der Waals surface area contributed by atoms with Crippen LogP contribution in [-0.2, 0) is 23.9 Å². The molecule has 5 nitrogen and oxygen atoms in total. The molecular weight excluding hydrogens is 212 g/mol. The highest BCUT2D eigenvalue weighted by Gasteiger charge is 2.31. The number of hydrogen-bond donors (Lipinski definition) is 0. The number of ether oxygens (including phenoxy) is 2.